The molecule has 0 heterocycles. The lowest BCUT2D eigenvalue weighted by Gasteiger charge is -2.01. The number of benzene rings is 1. The Hall–Kier alpha value is -1.66. The second-order valence-electron chi connectivity index (χ2n) is 3.07. The van der Waals surface area contributed by atoms with Gasteiger partial charge in [0.15, 0.2) is 0 Å². The number of phenolic OH excluding ortho intramolecular Hbond substituents is 1. The van der Waals surface area contributed by atoms with Gasteiger partial charge in [-0.05, 0) is 24.6 Å². The monoisotopic (exact) mass is 223 g/mol. The molecule has 4 heteroatoms. The summed E-state index contributed by atoms with van der Waals surface area (Å²) in [6.07, 6.45) is 0.0115. The molecule has 0 aliphatic carbocycles. The summed E-state index contributed by atoms with van der Waals surface area (Å²) < 4.78 is 0. The van der Waals surface area contributed by atoms with Crippen molar-refractivity contribution in [3.8, 4) is 17.6 Å². The second-order valence-corrected chi connectivity index (χ2v) is 3.48. The Morgan fingerprint density at radius 2 is 2.27 bits per heavy atom. The number of nitrogens with two attached hydrogens (primary N) is 1. The number of phenols is 1. The molecule has 0 radical (unpaired) electrons. The number of primary amides is 1. The molecule has 1 aromatic rings. The summed E-state index contributed by atoms with van der Waals surface area (Å²) in [7, 11) is 0. The quantitative estimate of drug-likeness (QED) is 0.710. The Kier molecular flexibility index (Phi) is 3.59. The van der Waals surface area contributed by atoms with Crippen molar-refractivity contribution in [1.29, 1.82) is 0 Å². The van der Waals surface area contributed by atoms with Crippen molar-refractivity contribution < 1.29 is 9.90 Å². The first-order valence-corrected chi connectivity index (χ1v) is 4.65. The van der Waals surface area contributed by atoms with E-state index < -0.39 is 5.91 Å². The average molecular weight is 224 g/mol. The minimum absolute atomic E-state index is 0.0115. The van der Waals surface area contributed by atoms with Crippen LogP contribution >= 0.6 is 11.6 Å². The van der Waals surface area contributed by atoms with Gasteiger partial charge in [-0.3, -0.25) is 4.79 Å². The zero-order valence-corrected chi connectivity index (χ0v) is 8.93. The molecule has 0 spiro atoms. The van der Waals surface area contributed by atoms with Gasteiger partial charge >= 0.3 is 0 Å². The Morgan fingerprint density at radius 1 is 1.60 bits per heavy atom. The first kappa shape index (κ1) is 11.4. The molecule has 0 saturated heterocycles. The zero-order valence-electron chi connectivity index (χ0n) is 8.17. The molecule has 1 rings (SSSR count). The van der Waals surface area contributed by atoms with Gasteiger partial charge < -0.3 is 10.8 Å². The highest BCUT2D eigenvalue weighted by Gasteiger charge is 2.02. The van der Waals surface area contributed by atoms with E-state index in [1.165, 1.54) is 6.07 Å². The van der Waals surface area contributed by atoms with Crippen molar-refractivity contribution in [1.82, 2.24) is 0 Å². The predicted octanol–water partition coefficient (Wildman–Crippen LogP) is 1.58. The molecular formula is C11H10ClNO2. The van der Waals surface area contributed by atoms with Crippen LogP contribution in [0, 0.1) is 18.8 Å². The molecule has 0 atom stereocenters. The number of carbonyl (C=O) groups is 1. The first-order valence-electron chi connectivity index (χ1n) is 4.27. The molecule has 0 saturated carbocycles. The van der Waals surface area contributed by atoms with E-state index in [9.17, 15) is 9.90 Å². The van der Waals surface area contributed by atoms with Gasteiger partial charge in [-0.15, -0.1) is 0 Å². The topological polar surface area (TPSA) is 63.3 Å². The van der Waals surface area contributed by atoms with Crippen LogP contribution in [0.5, 0.6) is 5.75 Å². The number of rotatable bonds is 1. The lowest BCUT2D eigenvalue weighted by Crippen LogP contribution is -2.08. The molecule has 0 unspecified atom stereocenters. The number of aryl methyl sites for hydroxylation is 1. The van der Waals surface area contributed by atoms with Crippen LogP contribution in [0.2, 0.25) is 5.02 Å². The van der Waals surface area contributed by atoms with Crippen molar-refractivity contribution in [2.24, 2.45) is 5.73 Å². The fraction of sp³-hybridized carbons (Fsp3) is 0.182. The van der Waals surface area contributed by atoms with Gasteiger partial charge in [-0.1, -0.05) is 23.4 Å². The van der Waals surface area contributed by atoms with E-state index in [-0.39, 0.29) is 17.2 Å². The largest absolute Gasteiger partial charge is 0.506 e. The molecule has 0 aliphatic rings. The van der Waals surface area contributed by atoms with Crippen LogP contribution in [0.25, 0.3) is 0 Å². The maximum atomic E-state index is 10.4. The van der Waals surface area contributed by atoms with Crippen molar-refractivity contribution in [2.75, 3.05) is 0 Å². The van der Waals surface area contributed by atoms with E-state index in [1.54, 1.807) is 13.0 Å². The van der Waals surface area contributed by atoms with Gasteiger partial charge in [0.25, 0.3) is 0 Å². The molecular weight excluding hydrogens is 214 g/mol. The standard InChI is InChI=1S/C11H10ClNO2/c1-7-5-8(3-2-4-10(13)14)6-9(12)11(7)15/h5-6,15H,4H2,1H3,(H2,13,14). The molecule has 0 aromatic heterocycles. The third kappa shape index (κ3) is 3.19. The average Bonchev–Trinajstić information content (AvgIpc) is 2.13. The zero-order chi connectivity index (χ0) is 11.4. The predicted molar refractivity (Wildman–Crippen MR) is 58.5 cm³/mol. The highest BCUT2D eigenvalue weighted by atomic mass is 35.5. The summed E-state index contributed by atoms with van der Waals surface area (Å²) in [5, 5.41) is 9.64. The van der Waals surface area contributed by atoms with Crippen LogP contribution < -0.4 is 5.73 Å². The summed E-state index contributed by atoms with van der Waals surface area (Å²) in [6.45, 7) is 1.72. The minimum Gasteiger partial charge on any atom is -0.506 e. The summed E-state index contributed by atoms with van der Waals surface area (Å²) in [5.74, 6) is 4.93. The highest BCUT2D eigenvalue weighted by molar-refractivity contribution is 6.32. The number of hydrogen-bond acceptors (Lipinski definition) is 2. The summed E-state index contributed by atoms with van der Waals surface area (Å²) in [5.41, 5.74) is 6.23. The van der Waals surface area contributed by atoms with Crippen LogP contribution in [-0.4, -0.2) is 11.0 Å². The first-order chi connectivity index (χ1) is 7.00. The number of amides is 1. The molecule has 0 bridgehead atoms. The number of halogens is 1. The molecule has 15 heavy (non-hydrogen) atoms. The number of aromatic hydroxyl groups is 1. The Morgan fingerprint density at radius 3 is 2.80 bits per heavy atom. The third-order valence-electron chi connectivity index (χ3n) is 1.75. The van der Waals surface area contributed by atoms with Gasteiger partial charge in [0.2, 0.25) is 5.91 Å². The van der Waals surface area contributed by atoms with Crippen LogP contribution in [0.3, 0.4) is 0 Å². The van der Waals surface area contributed by atoms with Gasteiger partial charge in [-0.25, -0.2) is 0 Å². The fourth-order valence-corrected chi connectivity index (χ4v) is 1.31. The van der Waals surface area contributed by atoms with E-state index in [0.29, 0.717) is 11.1 Å². The molecule has 3 N–H and O–H groups in total. The van der Waals surface area contributed by atoms with Crippen LogP contribution in [0.1, 0.15) is 17.5 Å². The maximum absolute atomic E-state index is 10.4. The normalized spacial score (nSPS) is 9.20. The van der Waals surface area contributed by atoms with Crippen molar-refractivity contribution in [2.45, 2.75) is 13.3 Å². The van der Waals surface area contributed by atoms with Crippen molar-refractivity contribution in [3.05, 3.63) is 28.3 Å². The van der Waals surface area contributed by atoms with Gasteiger partial charge in [0.05, 0.1) is 11.4 Å². The SMILES string of the molecule is Cc1cc(C#CCC(N)=O)cc(Cl)c1O. The summed E-state index contributed by atoms with van der Waals surface area (Å²) in [4.78, 5) is 10.4. The van der Waals surface area contributed by atoms with E-state index in [4.69, 9.17) is 17.3 Å². The molecule has 0 aliphatic heterocycles. The van der Waals surface area contributed by atoms with Crippen LogP contribution in [-0.2, 0) is 4.79 Å². The molecule has 3 nitrogen and oxygen atoms in total. The lowest BCUT2D eigenvalue weighted by molar-refractivity contribution is -0.117. The maximum Gasteiger partial charge on any atom is 0.229 e. The van der Waals surface area contributed by atoms with E-state index in [1.807, 2.05) is 0 Å². The molecule has 78 valence electrons. The number of hydrogen-bond donors (Lipinski definition) is 2. The Bertz CT molecular complexity index is 434. The number of carbonyl (C=O) groups excluding carboxylic acids is 1. The van der Waals surface area contributed by atoms with E-state index >= 15 is 0 Å². The highest BCUT2D eigenvalue weighted by Crippen LogP contribution is 2.27. The van der Waals surface area contributed by atoms with Crippen LogP contribution in [0.4, 0.5) is 0 Å². The summed E-state index contributed by atoms with van der Waals surface area (Å²) >= 11 is 5.75. The van der Waals surface area contributed by atoms with Crippen molar-refractivity contribution >= 4 is 17.5 Å². The minimum atomic E-state index is -0.468. The molecule has 1 aromatic carbocycles. The summed E-state index contributed by atoms with van der Waals surface area (Å²) in [6, 6.07) is 3.23. The molecule has 0 fully saturated rings. The fourth-order valence-electron chi connectivity index (χ4n) is 1.04. The smallest absolute Gasteiger partial charge is 0.229 e. The Labute approximate surface area is 92.9 Å². The third-order valence-corrected chi connectivity index (χ3v) is 2.04. The van der Waals surface area contributed by atoms with Gasteiger partial charge in [-0.2, -0.15) is 0 Å². The van der Waals surface area contributed by atoms with Gasteiger partial charge in [0, 0.05) is 5.56 Å². The Balaban J connectivity index is 2.95. The van der Waals surface area contributed by atoms with E-state index in [0.717, 1.165) is 0 Å². The second kappa shape index (κ2) is 4.72. The van der Waals surface area contributed by atoms with Crippen molar-refractivity contribution in [3.63, 3.8) is 0 Å². The van der Waals surface area contributed by atoms with Gasteiger partial charge in [0.1, 0.15) is 5.75 Å². The molecule has 1 amide bonds. The van der Waals surface area contributed by atoms with Crippen LogP contribution in [0.15, 0.2) is 12.1 Å². The lowest BCUT2D eigenvalue weighted by atomic mass is 10.1. The van der Waals surface area contributed by atoms with E-state index in [2.05, 4.69) is 11.8 Å².